The number of halogens is 1. The van der Waals surface area contributed by atoms with Crippen LogP contribution in [0.2, 0.25) is 5.02 Å². The van der Waals surface area contributed by atoms with E-state index in [4.69, 9.17) is 20.8 Å². The third-order valence-electron chi connectivity index (χ3n) is 2.19. The molecule has 0 saturated heterocycles. The van der Waals surface area contributed by atoms with Crippen molar-refractivity contribution in [2.75, 3.05) is 6.61 Å². The fraction of sp³-hybridized carbons (Fsp3) is 0.250. The smallest absolute Gasteiger partial charge is 0.396 e. The quantitative estimate of drug-likeness (QED) is 0.796. The lowest BCUT2D eigenvalue weighted by molar-refractivity contribution is 0.0479. The van der Waals surface area contributed by atoms with Crippen LogP contribution in [-0.4, -0.2) is 22.8 Å². The molecule has 0 unspecified atom stereocenters. The molecule has 1 aromatic carbocycles. The Morgan fingerprint density at radius 2 is 2.06 bits per heavy atom. The summed E-state index contributed by atoms with van der Waals surface area (Å²) in [6.45, 7) is 1.98. The fourth-order valence-corrected chi connectivity index (χ4v) is 1.50. The van der Waals surface area contributed by atoms with E-state index in [1.165, 1.54) is 0 Å². The van der Waals surface area contributed by atoms with Crippen molar-refractivity contribution in [2.24, 2.45) is 0 Å². The molecule has 0 spiro atoms. The van der Waals surface area contributed by atoms with E-state index in [0.717, 1.165) is 5.56 Å². The van der Waals surface area contributed by atoms with Crippen molar-refractivity contribution in [3.05, 3.63) is 46.6 Å². The average molecular weight is 267 g/mol. The molecule has 1 aromatic heterocycles. The van der Waals surface area contributed by atoms with Crippen LogP contribution in [0.25, 0.3) is 0 Å². The van der Waals surface area contributed by atoms with Crippen LogP contribution in [0.3, 0.4) is 0 Å². The van der Waals surface area contributed by atoms with E-state index in [2.05, 4.69) is 10.2 Å². The lowest BCUT2D eigenvalue weighted by Gasteiger charge is -1.97. The maximum atomic E-state index is 11.3. The Morgan fingerprint density at radius 1 is 1.33 bits per heavy atom. The normalized spacial score (nSPS) is 10.3. The molecule has 0 saturated carbocycles. The number of carbonyl (C=O) groups is 1. The lowest BCUT2D eigenvalue weighted by atomic mass is 10.1. The molecular weight excluding hydrogens is 256 g/mol. The van der Waals surface area contributed by atoms with Gasteiger partial charge in [0.2, 0.25) is 5.89 Å². The summed E-state index contributed by atoms with van der Waals surface area (Å²) in [6, 6.07) is 7.27. The van der Waals surface area contributed by atoms with Gasteiger partial charge in [0, 0.05) is 5.02 Å². The van der Waals surface area contributed by atoms with Crippen LogP contribution in [0.1, 0.15) is 29.1 Å². The summed E-state index contributed by atoms with van der Waals surface area (Å²) in [5, 5.41) is 8.08. The van der Waals surface area contributed by atoms with E-state index in [1.54, 1.807) is 19.1 Å². The van der Waals surface area contributed by atoms with Gasteiger partial charge in [0.25, 0.3) is 0 Å². The molecule has 0 N–H and O–H groups in total. The number of ether oxygens (including phenoxy) is 1. The largest absolute Gasteiger partial charge is 0.459 e. The molecule has 0 atom stereocenters. The average Bonchev–Trinajstić information content (AvgIpc) is 2.81. The second-order valence-electron chi connectivity index (χ2n) is 3.52. The van der Waals surface area contributed by atoms with E-state index in [0.29, 0.717) is 17.3 Å². The maximum Gasteiger partial charge on any atom is 0.396 e. The van der Waals surface area contributed by atoms with Crippen LogP contribution < -0.4 is 0 Å². The minimum atomic E-state index is -0.604. The summed E-state index contributed by atoms with van der Waals surface area (Å²) >= 11 is 5.78. The number of hydrogen-bond donors (Lipinski definition) is 0. The monoisotopic (exact) mass is 266 g/mol. The van der Waals surface area contributed by atoms with Crippen LogP contribution in [0, 0.1) is 0 Å². The zero-order valence-corrected chi connectivity index (χ0v) is 10.5. The topological polar surface area (TPSA) is 65.2 Å². The molecule has 2 rings (SSSR count). The standard InChI is InChI=1S/C12H11ClN2O3/c1-2-17-12(16)11-15-14-10(18-11)7-8-3-5-9(13)6-4-8/h3-6H,2,7H2,1H3. The van der Waals surface area contributed by atoms with Gasteiger partial charge in [-0.2, -0.15) is 0 Å². The number of esters is 1. The van der Waals surface area contributed by atoms with Crippen molar-refractivity contribution in [3.63, 3.8) is 0 Å². The van der Waals surface area contributed by atoms with Gasteiger partial charge in [-0.3, -0.25) is 0 Å². The third-order valence-corrected chi connectivity index (χ3v) is 2.44. The molecule has 0 radical (unpaired) electrons. The van der Waals surface area contributed by atoms with Crippen LogP contribution in [0.15, 0.2) is 28.7 Å². The van der Waals surface area contributed by atoms with Crippen LogP contribution in [-0.2, 0) is 11.2 Å². The minimum absolute atomic E-state index is 0.124. The van der Waals surface area contributed by atoms with Crippen molar-refractivity contribution in [1.82, 2.24) is 10.2 Å². The number of nitrogens with zero attached hydrogens (tertiary/aromatic N) is 2. The van der Waals surface area contributed by atoms with Crippen LogP contribution in [0.4, 0.5) is 0 Å². The molecule has 94 valence electrons. The highest BCUT2D eigenvalue weighted by Crippen LogP contribution is 2.13. The Morgan fingerprint density at radius 3 is 2.72 bits per heavy atom. The lowest BCUT2D eigenvalue weighted by Crippen LogP contribution is -2.04. The first-order valence-corrected chi connectivity index (χ1v) is 5.80. The molecule has 18 heavy (non-hydrogen) atoms. The predicted molar refractivity (Wildman–Crippen MR) is 64.5 cm³/mol. The highest BCUT2D eigenvalue weighted by atomic mass is 35.5. The van der Waals surface area contributed by atoms with Crippen molar-refractivity contribution in [3.8, 4) is 0 Å². The second kappa shape index (κ2) is 5.64. The Bertz CT molecular complexity index is 537. The van der Waals surface area contributed by atoms with Gasteiger partial charge >= 0.3 is 11.9 Å². The third kappa shape index (κ3) is 3.07. The summed E-state index contributed by atoms with van der Waals surface area (Å²) < 4.78 is 9.96. The molecular formula is C12H11ClN2O3. The molecule has 0 fully saturated rings. The number of hydrogen-bond acceptors (Lipinski definition) is 5. The van der Waals surface area contributed by atoms with Crippen molar-refractivity contribution in [2.45, 2.75) is 13.3 Å². The number of carbonyl (C=O) groups excluding carboxylic acids is 1. The van der Waals surface area contributed by atoms with Gasteiger partial charge in [0.05, 0.1) is 13.0 Å². The van der Waals surface area contributed by atoms with E-state index < -0.39 is 5.97 Å². The fourth-order valence-electron chi connectivity index (χ4n) is 1.38. The summed E-state index contributed by atoms with van der Waals surface area (Å²) in [7, 11) is 0. The Kier molecular flexibility index (Phi) is 3.94. The maximum absolute atomic E-state index is 11.3. The Hall–Kier alpha value is -1.88. The van der Waals surface area contributed by atoms with Crippen LogP contribution in [0.5, 0.6) is 0 Å². The van der Waals surface area contributed by atoms with Gasteiger partial charge in [0.1, 0.15) is 0 Å². The molecule has 5 nitrogen and oxygen atoms in total. The van der Waals surface area contributed by atoms with E-state index >= 15 is 0 Å². The zero-order valence-electron chi connectivity index (χ0n) is 9.72. The molecule has 0 bridgehead atoms. The molecule has 0 amide bonds. The SMILES string of the molecule is CCOC(=O)c1nnc(Cc2ccc(Cl)cc2)o1. The van der Waals surface area contributed by atoms with Gasteiger partial charge in [-0.1, -0.05) is 23.7 Å². The highest BCUT2D eigenvalue weighted by molar-refractivity contribution is 6.30. The Labute approximate surface area is 109 Å². The molecule has 6 heteroatoms. The van der Waals surface area contributed by atoms with E-state index in [9.17, 15) is 4.79 Å². The van der Waals surface area contributed by atoms with E-state index in [1.807, 2.05) is 12.1 Å². The highest BCUT2D eigenvalue weighted by Gasteiger charge is 2.15. The molecule has 0 aliphatic heterocycles. The van der Waals surface area contributed by atoms with Crippen molar-refractivity contribution in [1.29, 1.82) is 0 Å². The Balaban J connectivity index is 2.06. The van der Waals surface area contributed by atoms with Gasteiger partial charge in [0.15, 0.2) is 0 Å². The second-order valence-corrected chi connectivity index (χ2v) is 3.96. The van der Waals surface area contributed by atoms with Crippen molar-refractivity contribution < 1.29 is 13.9 Å². The molecule has 2 aromatic rings. The predicted octanol–water partition coefficient (Wildman–Crippen LogP) is 2.49. The summed E-state index contributed by atoms with van der Waals surface area (Å²) in [4.78, 5) is 11.3. The van der Waals surface area contributed by atoms with E-state index in [-0.39, 0.29) is 12.5 Å². The first-order chi connectivity index (χ1) is 8.69. The van der Waals surface area contributed by atoms with Crippen molar-refractivity contribution >= 4 is 17.6 Å². The van der Waals surface area contributed by atoms with Gasteiger partial charge in [-0.25, -0.2) is 4.79 Å². The number of benzene rings is 1. The number of aromatic nitrogens is 2. The minimum Gasteiger partial charge on any atom is -0.459 e. The molecule has 1 heterocycles. The molecule has 0 aliphatic rings. The molecule has 0 aliphatic carbocycles. The first-order valence-electron chi connectivity index (χ1n) is 5.43. The zero-order chi connectivity index (χ0) is 13.0. The first kappa shape index (κ1) is 12.6. The summed E-state index contributed by atoms with van der Waals surface area (Å²) in [6.07, 6.45) is 0.448. The summed E-state index contributed by atoms with van der Waals surface area (Å²) in [5.74, 6) is -0.367. The van der Waals surface area contributed by atoms with Crippen LogP contribution >= 0.6 is 11.6 Å². The van der Waals surface area contributed by atoms with Gasteiger partial charge in [-0.05, 0) is 24.6 Å². The number of rotatable bonds is 4. The van der Waals surface area contributed by atoms with Gasteiger partial charge in [-0.15, -0.1) is 10.2 Å². The summed E-state index contributed by atoms with van der Waals surface area (Å²) in [5.41, 5.74) is 0.971. The van der Waals surface area contributed by atoms with Gasteiger partial charge < -0.3 is 9.15 Å².